The Bertz CT molecular complexity index is 727. The van der Waals surface area contributed by atoms with Crippen molar-refractivity contribution in [1.29, 1.82) is 0 Å². The van der Waals surface area contributed by atoms with Crippen molar-refractivity contribution in [2.24, 2.45) is 0 Å². The molecule has 0 aromatic heterocycles. The van der Waals surface area contributed by atoms with Gasteiger partial charge in [-0.1, -0.05) is 28.1 Å². The molecule has 0 spiro atoms. The van der Waals surface area contributed by atoms with E-state index in [1.165, 1.54) is 0 Å². The lowest BCUT2D eigenvalue weighted by Crippen LogP contribution is -2.29. The maximum absolute atomic E-state index is 12.4. The van der Waals surface area contributed by atoms with Crippen LogP contribution in [0.25, 0.3) is 0 Å². The van der Waals surface area contributed by atoms with E-state index in [2.05, 4.69) is 15.9 Å². The average Bonchev–Trinajstić information content (AvgIpc) is 2.70. The Hall–Kier alpha value is -1.98. The SMILES string of the molecule is O=C1c2ccc(Br)cc2C(=O)N1c1cccc(CO)c1. The molecule has 0 atom stereocenters. The number of carbonyl (C=O) groups excluding carboxylic acids is 2. The molecule has 0 saturated heterocycles. The van der Waals surface area contributed by atoms with E-state index >= 15 is 0 Å². The Morgan fingerprint density at radius 3 is 2.50 bits per heavy atom. The summed E-state index contributed by atoms with van der Waals surface area (Å²) in [5, 5.41) is 9.15. The van der Waals surface area contributed by atoms with Gasteiger partial charge in [0.2, 0.25) is 0 Å². The Kier molecular flexibility index (Phi) is 3.16. The maximum Gasteiger partial charge on any atom is 0.266 e. The van der Waals surface area contributed by atoms with Gasteiger partial charge in [0.15, 0.2) is 0 Å². The molecular formula is C15H10BrNO3. The fraction of sp³-hybridized carbons (Fsp3) is 0.0667. The first-order valence-electron chi connectivity index (χ1n) is 6.00. The summed E-state index contributed by atoms with van der Waals surface area (Å²) in [5.74, 6) is -0.686. The van der Waals surface area contributed by atoms with Crippen LogP contribution in [-0.2, 0) is 6.61 Å². The highest BCUT2D eigenvalue weighted by molar-refractivity contribution is 9.10. The molecule has 0 bridgehead atoms. The molecule has 4 nitrogen and oxygen atoms in total. The topological polar surface area (TPSA) is 57.6 Å². The van der Waals surface area contributed by atoms with E-state index in [1.807, 2.05) is 0 Å². The van der Waals surface area contributed by atoms with Crippen LogP contribution < -0.4 is 4.90 Å². The first-order chi connectivity index (χ1) is 9.61. The van der Waals surface area contributed by atoms with Gasteiger partial charge in [-0.3, -0.25) is 9.59 Å². The van der Waals surface area contributed by atoms with E-state index in [0.29, 0.717) is 22.4 Å². The van der Waals surface area contributed by atoms with Crippen LogP contribution in [0.4, 0.5) is 5.69 Å². The lowest BCUT2D eigenvalue weighted by atomic mass is 10.1. The zero-order valence-corrected chi connectivity index (χ0v) is 11.9. The molecule has 0 radical (unpaired) electrons. The minimum atomic E-state index is -0.346. The van der Waals surface area contributed by atoms with Crippen LogP contribution >= 0.6 is 15.9 Å². The van der Waals surface area contributed by atoms with Gasteiger partial charge < -0.3 is 5.11 Å². The standard InChI is InChI=1S/C15H10BrNO3/c16-10-4-5-12-13(7-10)15(20)17(14(12)19)11-3-1-2-9(6-11)8-18/h1-7,18H,8H2. The molecule has 2 amide bonds. The molecule has 2 aromatic carbocycles. The summed E-state index contributed by atoms with van der Waals surface area (Å²) in [5.41, 5.74) is 1.91. The van der Waals surface area contributed by atoms with Crippen LogP contribution in [0.5, 0.6) is 0 Å². The number of nitrogens with zero attached hydrogens (tertiary/aromatic N) is 1. The van der Waals surface area contributed by atoms with E-state index in [4.69, 9.17) is 5.11 Å². The second-order valence-electron chi connectivity index (χ2n) is 4.46. The van der Waals surface area contributed by atoms with Crippen molar-refractivity contribution < 1.29 is 14.7 Å². The van der Waals surface area contributed by atoms with Crippen molar-refractivity contribution in [1.82, 2.24) is 0 Å². The van der Waals surface area contributed by atoms with Gasteiger partial charge in [0.05, 0.1) is 23.4 Å². The molecular weight excluding hydrogens is 322 g/mol. The summed E-state index contributed by atoms with van der Waals surface area (Å²) in [4.78, 5) is 25.9. The molecule has 1 aliphatic heterocycles. The Morgan fingerprint density at radius 1 is 1.00 bits per heavy atom. The smallest absolute Gasteiger partial charge is 0.266 e. The number of aliphatic hydroxyl groups is 1. The predicted octanol–water partition coefficient (Wildman–Crippen LogP) is 2.74. The van der Waals surface area contributed by atoms with E-state index < -0.39 is 0 Å². The van der Waals surface area contributed by atoms with Crippen molar-refractivity contribution in [3.05, 3.63) is 63.6 Å². The van der Waals surface area contributed by atoms with Gasteiger partial charge in [-0.2, -0.15) is 0 Å². The number of imide groups is 1. The van der Waals surface area contributed by atoms with Gasteiger partial charge in [0.1, 0.15) is 0 Å². The highest BCUT2D eigenvalue weighted by Gasteiger charge is 2.36. The first-order valence-corrected chi connectivity index (χ1v) is 6.79. The molecule has 0 fully saturated rings. The second-order valence-corrected chi connectivity index (χ2v) is 5.38. The molecule has 1 heterocycles. The van der Waals surface area contributed by atoms with Crippen LogP contribution in [0.1, 0.15) is 26.3 Å². The highest BCUT2D eigenvalue weighted by atomic mass is 79.9. The molecule has 0 aliphatic carbocycles. The third-order valence-corrected chi connectivity index (χ3v) is 3.69. The fourth-order valence-corrected chi connectivity index (χ4v) is 2.60. The van der Waals surface area contributed by atoms with Crippen LogP contribution in [0, 0.1) is 0 Å². The summed E-state index contributed by atoms with van der Waals surface area (Å²) < 4.78 is 0.753. The number of fused-ring (bicyclic) bond motifs is 1. The lowest BCUT2D eigenvalue weighted by molar-refractivity contribution is 0.0926. The van der Waals surface area contributed by atoms with Gasteiger partial charge in [-0.15, -0.1) is 0 Å². The molecule has 3 rings (SSSR count). The van der Waals surface area contributed by atoms with Crippen molar-refractivity contribution in [3.8, 4) is 0 Å². The summed E-state index contributed by atoms with van der Waals surface area (Å²) in [6.07, 6.45) is 0. The molecule has 0 saturated carbocycles. The second kappa shape index (κ2) is 4.85. The van der Waals surface area contributed by atoms with E-state index in [-0.39, 0.29) is 18.4 Å². The van der Waals surface area contributed by atoms with Crippen molar-refractivity contribution >= 4 is 33.4 Å². The van der Waals surface area contributed by atoms with Crippen LogP contribution in [0.3, 0.4) is 0 Å². The molecule has 100 valence electrons. The first kappa shape index (κ1) is 13.0. The van der Waals surface area contributed by atoms with Gasteiger partial charge in [0, 0.05) is 4.47 Å². The number of amides is 2. The van der Waals surface area contributed by atoms with Crippen molar-refractivity contribution in [3.63, 3.8) is 0 Å². The highest BCUT2D eigenvalue weighted by Crippen LogP contribution is 2.30. The van der Waals surface area contributed by atoms with Crippen LogP contribution in [0.2, 0.25) is 0 Å². The number of anilines is 1. The molecule has 20 heavy (non-hydrogen) atoms. The number of halogens is 1. The summed E-state index contributed by atoms with van der Waals surface area (Å²) in [7, 11) is 0. The van der Waals surface area contributed by atoms with Gasteiger partial charge in [-0.25, -0.2) is 4.90 Å². The number of hydrogen-bond donors (Lipinski definition) is 1. The molecule has 1 aliphatic rings. The Balaban J connectivity index is 2.09. The van der Waals surface area contributed by atoms with E-state index in [9.17, 15) is 9.59 Å². The third kappa shape index (κ3) is 1.95. The van der Waals surface area contributed by atoms with Gasteiger partial charge >= 0.3 is 0 Å². The molecule has 2 aromatic rings. The predicted molar refractivity (Wildman–Crippen MR) is 77.6 cm³/mol. The largest absolute Gasteiger partial charge is 0.392 e. The van der Waals surface area contributed by atoms with Crippen LogP contribution in [-0.4, -0.2) is 16.9 Å². The Labute approximate surface area is 123 Å². The summed E-state index contributed by atoms with van der Waals surface area (Å²) in [6, 6.07) is 11.8. The fourth-order valence-electron chi connectivity index (χ4n) is 2.24. The Morgan fingerprint density at radius 2 is 1.75 bits per heavy atom. The van der Waals surface area contributed by atoms with E-state index in [1.54, 1.807) is 42.5 Å². The molecule has 0 unspecified atom stereocenters. The minimum absolute atomic E-state index is 0.136. The quantitative estimate of drug-likeness (QED) is 0.861. The number of rotatable bonds is 2. The molecule has 5 heteroatoms. The zero-order valence-electron chi connectivity index (χ0n) is 10.3. The van der Waals surface area contributed by atoms with Crippen molar-refractivity contribution in [2.75, 3.05) is 4.90 Å². The zero-order chi connectivity index (χ0) is 14.3. The normalized spacial score (nSPS) is 13.8. The van der Waals surface area contributed by atoms with Gasteiger partial charge in [0.25, 0.3) is 11.8 Å². The van der Waals surface area contributed by atoms with Crippen molar-refractivity contribution in [2.45, 2.75) is 6.61 Å². The average molecular weight is 332 g/mol. The van der Waals surface area contributed by atoms with E-state index in [0.717, 1.165) is 9.37 Å². The number of benzene rings is 2. The number of aliphatic hydroxyl groups excluding tert-OH is 1. The monoisotopic (exact) mass is 331 g/mol. The van der Waals surface area contributed by atoms with Crippen LogP contribution in [0.15, 0.2) is 46.9 Å². The summed E-state index contributed by atoms with van der Waals surface area (Å²) in [6.45, 7) is -0.136. The third-order valence-electron chi connectivity index (χ3n) is 3.20. The molecule has 1 N–H and O–H groups in total. The lowest BCUT2D eigenvalue weighted by Gasteiger charge is -2.14. The summed E-state index contributed by atoms with van der Waals surface area (Å²) >= 11 is 3.30. The number of hydrogen-bond acceptors (Lipinski definition) is 3. The maximum atomic E-state index is 12.4. The van der Waals surface area contributed by atoms with Gasteiger partial charge in [-0.05, 0) is 35.9 Å². The minimum Gasteiger partial charge on any atom is -0.392 e. The number of carbonyl (C=O) groups is 2.